The predicted molar refractivity (Wildman–Crippen MR) is 106 cm³/mol. The molecule has 6 heteroatoms. The Morgan fingerprint density at radius 2 is 2.04 bits per heavy atom. The molecule has 27 heavy (non-hydrogen) atoms. The summed E-state index contributed by atoms with van der Waals surface area (Å²) < 4.78 is 0. The van der Waals surface area contributed by atoms with Crippen molar-refractivity contribution < 1.29 is 14.4 Å². The molecule has 0 spiro atoms. The van der Waals surface area contributed by atoms with Gasteiger partial charge in [0.25, 0.3) is 11.8 Å². The first-order chi connectivity index (χ1) is 13.0. The van der Waals surface area contributed by atoms with E-state index in [0.29, 0.717) is 0 Å². The predicted octanol–water partition coefficient (Wildman–Crippen LogP) is 3.22. The van der Waals surface area contributed by atoms with Crippen LogP contribution in [-0.4, -0.2) is 30.7 Å². The number of hydrogen-bond acceptors (Lipinski definition) is 4. The lowest BCUT2D eigenvalue weighted by molar-refractivity contribution is -0.123. The molecule has 1 aliphatic heterocycles. The molecule has 0 radical (unpaired) electrons. The molecule has 0 saturated carbocycles. The number of amides is 2. The molecule has 1 aliphatic rings. The quantitative estimate of drug-likeness (QED) is 0.653. The summed E-state index contributed by atoms with van der Waals surface area (Å²) >= 11 is 0. The molecule has 2 aromatic carbocycles. The maximum Gasteiger partial charge on any atom is 0.270 e. The average molecular weight is 365 g/mol. The summed E-state index contributed by atoms with van der Waals surface area (Å²) in [5.74, 6) is -0.589. The molecule has 1 N–H and O–H groups in total. The highest BCUT2D eigenvalue weighted by molar-refractivity contribution is 6.31. The molecule has 0 saturated heterocycles. The molecule has 2 amide bonds. The van der Waals surface area contributed by atoms with Crippen molar-refractivity contribution >= 4 is 29.4 Å². The van der Waals surface area contributed by atoms with E-state index in [1.807, 2.05) is 63.2 Å². The first-order valence-electron chi connectivity index (χ1n) is 8.89. The zero-order valence-electron chi connectivity index (χ0n) is 15.7. The first kappa shape index (κ1) is 18.6. The molecular formula is C21H23N3O3. The summed E-state index contributed by atoms with van der Waals surface area (Å²) in [5, 5.41) is 6.36. The van der Waals surface area contributed by atoms with Crippen LogP contribution in [0.25, 0.3) is 0 Å². The van der Waals surface area contributed by atoms with Crippen molar-refractivity contribution in [3.05, 3.63) is 59.2 Å². The number of anilines is 2. The van der Waals surface area contributed by atoms with Crippen LogP contribution in [0, 0.1) is 13.8 Å². The van der Waals surface area contributed by atoms with Crippen molar-refractivity contribution in [2.75, 3.05) is 16.8 Å². The van der Waals surface area contributed by atoms with Crippen molar-refractivity contribution in [1.29, 1.82) is 0 Å². The van der Waals surface area contributed by atoms with E-state index < -0.39 is 5.91 Å². The number of nitrogens with zero attached hydrogens (tertiary/aromatic N) is 2. The van der Waals surface area contributed by atoms with Gasteiger partial charge in [0.2, 0.25) is 0 Å². The van der Waals surface area contributed by atoms with Gasteiger partial charge in [-0.05, 0) is 50.5 Å². The standard InChI is InChI=1S/C21H23N3O3/c1-14-8-9-18(15(2)10-14)23-20(25)12-22-27-13-21(26)24-16(3)11-17-6-4-5-7-19(17)24/h4-10,12,16H,11,13H2,1-3H3,(H,23,25)/b22-12-/t16-/m1/s1. The number of carbonyl (C=O) groups is 2. The molecule has 0 fully saturated rings. The van der Waals surface area contributed by atoms with E-state index >= 15 is 0 Å². The van der Waals surface area contributed by atoms with Crippen LogP contribution in [0.4, 0.5) is 11.4 Å². The maximum absolute atomic E-state index is 12.5. The van der Waals surface area contributed by atoms with Gasteiger partial charge in [0.1, 0.15) is 6.21 Å². The Kier molecular flexibility index (Phi) is 5.54. The normalized spacial score (nSPS) is 15.7. The fourth-order valence-electron chi connectivity index (χ4n) is 3.31. The lowest BCUT2D eigenvalue weighted by Gasteiger charge is -2.21. The Morgan fingerprint density at radius 1 is 1.26 bits per heavy atom. The summed E-state index contributed by atoms with van der Waals surface area (Å²) in [6, 6.07) is 13.7. The number of oxime groups is 1. The Balaban J connectivity index is 1.52. The van der Waals surface area contributed by atoms with Gasteiger partial charge in [-0.15, -0.1) is 0 Å². The summed E-state index contributed by atoms with van der Waals surface area (Å²) in [5.41, 5.74) is 4.87. The van der Waals surface area contributed by atoms with Crippen LogP contribution in [0.3, 0.4) is 0 Å². The van der Waals surface area contributed by atoms with Crippen LogP contribution in [-0.2, 0) is 20.8 Å². The van der Waals surface area contributed by atoms with E-state index in [1.54, 1.807) is 4.90 Å². The summed E-state index contributed by atoms with van der Waals surface area (Å²) in [6.45, 7) is 5.69. The molecule has 6 nitrogen and oxygen atoms in total. The largest absolute Gasteiger partial charge is 0.385 e. The second kappa shape index (κ2) is 8.03. The first-order valence-corrected chi connectivity index (χ1v) is 8.89. The fourth-order valence-corrected chi connectivity index (χ4v) is 3.31. The molecule has 2 aromatic rings. The van der Waals surface area contributed by atoms with E-state index in [0.717, 1.165) is 40.7 Å². The smallest absolute Gasteiger partial charge is 0.270 e. The minimum atomic E-state index is -0.408. The third-order valence-corrected chi connectivity index (χ3v) is 4.55. The number of hydrogen-bond donors (Lipinski definition) is 1. The summed E-state index contributed by atoms with van der Waals surface area (Å²) in [7, 11) is 0. The molecule has 140 valence electrons. The number of benzene rings is 2. The third-order valence-electron chi connectivity index (χ3n) is 4.55. The van der Waals surface area contributed by atoms with Crippen LogP contribution < -0.4 is 10.2 Å². The SMILES string of the molecule is Cc1ccc(NC(=O)/C=N\OCC(=O)N2c3ccccc3C[C@H]2C)c(C)c1. The Hall–Kier alpha value is -3.15. The number of aryl methyl sites for hydroxylation is 2. The molecule has 3 rings (SSSR count). The van der Waals surface area contributed by atoms with Crippen LogP contribution in [0.2, 0.25) is 0 Å². The van der Waals surface area contributed by atoms with E-state index in [1.165, 1.54) is 0 Å². The van der Waals surface area contributed by atoms with Gasteiger partial charge in [0.15, 0.2) is 6.61 Å². The van der Waals surface area contributed by atoms with Crippen molar-refractivity contribution in [3.8, 4) is 0 Å². The summed E-state index contributed by atoms with van der Waals surface area (Å²) in [6.07, 6.45) is 1.86. The van der Waals surface area contributed by atoms with Crippen LogP contribution in [0.15, 0.2) is 47.6 Å². The average Bonchev–Trinajstić information content (AvgIpc) is 2.97. The lowest BCUT2D eigenvalue weighted by atomic mass is 10.1. The second-order valence-electron chi connectivity index (χ2n) is 6.76. The molecule has 0 aliphatic carbocycles. The van der Waals surface area contributed by atoms with Crippen LogP contribution in [0.5, 0.6) is 0 Å². The Bertz CT molecular complexity index is 892. The zero-order valence-corrected chi connectivity index (χ0v) is 15.7. The third kappa shape index (κ3) is 4.34. The molecular weight excluding hydrogens is 342 g/mol. The van der Waals surface area contributed by atoms with Gasteiger partial charge >= 0.3 is 0 Å². The summed E-state index contributed by atoms with van der Waals surface area (Å²) in [4.78, 5) is 31.2. The van der Waals surface area contributed by atoms with E-state index in [9.17, 15) is 9.59 Å². The van der Waals surface area contributed by atoms with Crippen LogP contribution >= 0.6 is 0 Å². The van der Waals surface area contributed by atoms with Gasteiger partial charge in [-0.3, -0.25) is 9.59 Å². The molecule has 0 aromatic heterocycles. The van der Waals surface area contributed by atoms with Crippen molar-refractivity contribution in [3.63, 3.8) is 0 Å². The van der Waals surface area contributed by atoms with E-state index in [2.05, 4.69) is 10.5 Å². The minimum Gasteiger partial charge on any atom is -0.385 e. The fraction of sp³-hybridized carbons (Fsp3) is 0.286. The second-order valence-corrected chi connectivity index (χ2v) is 6.76. The van der Waals surface area contributed by atoms with Crippen LogP contribution in [0.1, 0.15) is 23.6 Å². The van der Waals surface area contributed by atoms with Crippen molar-refractivity contribution in [2.45, 2.75) is 33.2 Å². The van der Waals surface area contributed by atoms with Gasteiger partial charge in [0.05, 0.1) is 0 Å². The number of para-hydroxylation sites is 1. The van der Waals surface area contributed by atoms with Gasteiger partial charge in [-0.25, -0.2) is 0 Å². The van der Waals surface area contributed by atoms with E-state index in [-0.39, 0.29) is 18.6 Å². The van der Waals surface area contributed by atoms with Gasteiger partial charge in [-0.2, -0.15) is 0 Å². The molecule has 0 unspecified atom stereocenters. The Labute approximate surface area is 158 Å². The topological polar surface area (TPSA) is 71.0 Å². The highest BCUT2D eigenvalue weighted by atomic mass is 16.6. The number of fused-ring (bicyclic) bond motifs is 1. The highest BCUT2D eigenvalue weighted by Crippen LogP contribution is 2.31. The maximum atomic E-state index is 12.5. The zero-order chi connectivity index (χ0) is 19.4. The highest BCUT2D eigenvalue weighted by Gasteiger charge is 2.30. The van der Waals surface area contributed by atoms with Crippen molar-refractivity contribution in [1.82, 2.24) is 0 Å². The van der Waals surface area contributed by atoms with Gasteiger partial charge in [-0.1, -0.05) is 41.1 Å². The number of carbonyl (C=O) groups excluding carboxylic acids is 2. The van der Waals surface area contributed by atoms with Gasteiger partial charge in [0, 0.05) is 17.4 Å². The Morgan fingerprint density at radius 3 is 2.81 bits per heavy atom. The number of nitrogens with one attached hydrogen (secondary N) is 1. The minimum absolute atomic E-state index is 0.0790. The molecule has 1 heterocycles. The lowest BCUT2D eigenvalue weighted by Crippen LogP contribution is -2.38. The molecule has 0 bridgehead atoms. The van der Waals surface area contributed by atoms with Gasteiger partial charge < -0.3 is 15.1 Å². The monoisotopic (exact) mass is 365 g/mol. The number of rotatable bonds is 5. The van der Waals surface area contributed by atoms with Crippen molar-refractivity contribution in [2.24, 2.45) is 5.16 Å². The molecule has 1 atom stereocenters. The van der Waals surface area contributed by atoms with E-state index in [4.69, 9.17) is 4.84 Å².